The van der Waals surface area contributed by atoms with E-state index in [0.29, 0.717) is 11.1 Å². The molecule has 0 aliphatic heterocycles. The zero-order valence-electron chi connectivity index (χ0n) is 20.2. The van der Waals surface area contributed by atoms with Crippen LogP contribution in [-0.2, 0) is 0 Å². The number of aliphatic hydroxyl groups is 1. The number of fused-ring (bicyclic) bond motifs is 1. The van der Waals surface area contributed by atoms with E-state index in [1.54, 1.807) is 26.8 Å². The highest BCUT2D eigenvalue weighted by Gasteiger charge is 2.41. The smallest absolute Gasteiger partial charge is 0.294 e. The number of nitrogens with zero attached hydrogens (tertiary/aromatic N) is 2. The van der Waals surface area contributed by atoms with Gasteiger partial charge in [-0.3, -0.25) is 9.59 Å². The molecule has 0 unspecified atom stereocenters. The fourth-order valence-electron chi connectivity index (χ4n) is 4.14. The maximum atomic E-state index is 14.6. The molecule has 0 radical (unpaired) electrons. The minimum atomic E-state index is -3.77. The molecule has 0 aliphatic carbocycles. The normalized spacial score (nSPS) is 12.8. The van der Waals surface area contributed by atoms with Gasteiger partial charge in [0.05, 0.1) is 5.56 Å². The minimum Gasteiger partial charge on any atom is -0.390 e. The Hall–Kier alpha value is -3.99. The molecule has 0 aliphatic rings. The van der Waals surface area contributed by atoms with Crippen LogP contribution in [0.25, 0.3) is 16.9 Å². The fourth-order valence-corrected chi connectivity index (χ4v) is 4.14. The number of hydrogen-bond donors (Lipinski definition) is 3. The van der Waals surface area contributed by atoms with Gasteiger partial charge >= 0.3 is 0 Å². The van der Waals surface area contributed by atoms with Crippen LogP contribution in [0.4, 0.5) is 17.6 Å². The van der Waals surface area contributed by atoms with E-state index < -0.39 is 41.7 Å². The van der Waals surface area contributed by atoms with E-state index >= 15 is 0 Å². The van der Waals surface area contributed by atoms with Crippen LogP contribution in [-0.4, -0.2) is 38.1 Å². The van der Waals surface area contributed by atoms with E-state index in [1.807, 2.05) is 0 Å². The van der Waals surface area contributed by atoms with Crippen molar-refractivity contribution in [1.29, 1.82) is 0 Å². The third-order valence-electron chi connectivity index (χ3n) is 6.06. The Morgan fingerprint density at radius 1 is 1.16 bits per heavy atom. The highest BCUT2D eigenvalue weighted by atomic mass is 19.3. The number of carbonyl (C=O) groups excluding carboxylic acids is 1. The number of H-pyrrole nitrogens is 1. The van der Waals surface area contributed by atoms with Crippen LogP contribution in [0.3, 0.4) is 0 Å². The standard InChI is InChI=1S/C26H24F4N4O3/c1-13(2)20-18(24(36)31-22(26(29,30)12-35)15-6-8-17(27)9-7-15)11-34-21(20)25(37)32-23(33-34)16-5-4-14(3)19(28)10-16/h4-11,13,22,35H,12H2,1-3H3,(H,31,36)(H,32,33,37)/t22-/m0/s1. The molecular formula is C26H24F4N4O3. The topological polar surface area (TPSA) is 99.5 Å². The van der Waals surface area contributed by atoms with Crippen molar-refractivity contribution in [2.45, 2.75) is 38.7 Å². The van der Waals surface area contributed by atoms with E-state index in [0.717, 1.165) is 28.8 Å². The predicted molar refractivity (Wildman–Crippen MR) is 129 cm³/mol. The number of hydrogen-bond acceptors (Lipinski definition) is 4. The van der Waals surface area contributed by atoms with Gasteiger partial charge in [-0.05, 0) is 42.2 Å². The van der Waals surface area contributed by atoms with Crippen molar-refractivity contribution in [2.75, 3.05) is 6.61 Å². The summed E-state index contributed by atoms with van der Waals surface area (Å²) in [5, 5.41) is 15.8. The van der Waals surface area contributed by atoms with Crippen LogP contribution < -0.4 is 10.9 Å². The first-order valence-electron chi connectivity index (χ1n) is 11.4. The van der Waals surface area contributed by atoms with E-state index in [1.165, 1.54) is 18.3 Å². The maximum absolute atomic E-state index is 14.6. The first-order valence-corrected chi connectivity index (χ1v) is 11.4. The Morgan fingerprint density at radius 2 is 1.84 bits per heavy atom. The van der Waals surface area contributed by atoms with Crippen LogP contribution in [0.1, 0.15) is 52.9 Å². The Balaban J connectivity index is 1.81. The van der Waals surface area contributed by atoms with Crippen LogP contribution in [0, 0.1) is 18.6 Å². The lowest BCUT2D eigenvalue weighted by molar-refractivity contribution is -0.0785. The molecule has 37 heavy (non-hydrogen) atoms. The molecule has 0 saturated carbocycles. The minimum absolute atomic E-state index is 0.0312. The van der Waals surface area contributed by atoms with Crippen molar-refractivity contribution in [3.63, 3.8) is 0 Å². The summed E-state index contributed by atoms with van der Waals surface area (Å²) in [5.74, 6) is -6.21. The SMILES string of the molecule is Cc1ccc(-c2nn3cc(C(=O)N[C@@H](c4ccc(F)cc4)C(F)(F)CO)c(C(C)C)c3c(=O)[nH]2)cc1F. The molecule has 2 aromatic heterocycles. The average molecular weight is 516 g/mol. The first kappa shape index (κ1) is 26.1. The molecule has 1 atom stereocenters. The number of aromatic nitrogens is 3. The summed E-state index contributed by atoms with van der Waals surface area (Å²) in [6.07, 6.45) is 1.24. The van der Waals surface area contributed by atoms with Crippen LogP contribution in [0.2, 0.25) is 0 Å². The molecule has 194 valence electrons. The van der Waals surface area contributed by atoms with Crippen LogP contribution in [0.5, 0.6) is 0 Å². The van der Waals surface area contributed by atoms with Gasteiger partial charge in [-0.1, -0.05) is 38.1 Å². The average Bonchev–Trinajstić information content (AvgIpc) is 3.25. The van der Waals surface area contributed by atoms with E-state index in [2.05, 4.69) is 15.4 Å². The number of amides is 1. The number of carbonyl (C=O) groups is 1. The van der Waals surface area contributed by atoms with E-state index in [-0.39, 0.29) is 33.9 Å². The predicted octanol–water partition coefficient (Wildman–Crippen LogP) is 4.50. The molecule has 7 nitrogen and oxygen atoms in total. The third kappa shape index (κ3) is 4.99. The number of aromatic amines is 1. The highest BCUT2D eigenvalue weighted by molar-refractivity contribution is 5.98. The Labute approximate surface area is 208 Å². The molecule has 1 amide bonds. The number of benzene rings is 2. The molecule has 4 rings (SSSR count). The Bertz CT molecular complexity index is 1530. The van der Waals surface area contributed by atoms with Gasteiger partial charge in [0.1, 0.15) is 29.8 Å². The lowest BCUT2D eigenvalue weighted by Crippen LogP contribution is -2.43. The van der Waals surface area contributed by atoms with Crippen molar-refractivity contribution < 1.29 is 27.5 Å². The quantitative estimate of drug-likeness (QED) is 0.315. The number of alkyl halides is 2. The van der Waals surface area contributed by atoms with Crippen LogP contribution >= 0.6 is 0 Å². The zero-order chi connectivity index (χ0) is 27.1. The first-order chi connectivity index (χ1) is 17.4. The molecule has 0 saturated heterocycles. The van der Waals surface area contributed by atoms with Gasteiger partial charge in [0.2, 0.25) is 0 Å². The lowest BCUT2D eigenvalue weighted by Gasteiger charge is -2.27. The van der Waals surface area contributed by atoms with Crippen molar-refractivity contribution in [3.8, 4) is 11.4 Å². The Kier molecular flexibility index (Phi) is 6.92. The van der Waals surface area contributed by atoms with Crippen molar-refractivity contribution in [3.05, 3.63) is 92.9 Å². The maximum Gasteiger partial charge on any atom is 0.294 e. The second-order valence-electron chi connectivity index (χ2n) is 9.05. The number of halogens is 4. The van der Waals surface area contributed by atoms with Gasteiger partial charge in [-0.15, -0.1) is 5.10 Å². The summed E-state index contributed by atoms with van der Waals surface area (Å²) in [6, 6.07) is 6.44. The zero-order valence-corrected chi connectivity index (χ0v) is 20.2. The van der Waals surface area contributed by atoms with Crippen molar-refractivity contribution >= 4 is 11.4 Å². The monoisotopic (exact) mass is 516 g/mol. The van der Waals surface area contributed by atoms with E-state index in [4.69, 9.17) is 0 Å². The van der Waals surface area contributed by atoms with Gasteiger partial charge in [0.15, 0.2) is 5.82 Å². The van der Waals surface area contributed by atoms with Crippen molar-refractivity contribution in [1.82, 2.24) is 19.9 Å². The summed E-state index contributed by atoms with van der Waals surface area (Å²) in [6.45, 7) is 3.45. The summed E-state index contributed by atoms with van der Waals surface area (Å²) in [5.41, 5.74) is 0.187. The number of aliphatic hydroxyl groups excluding tert-OH is 1. The molecule has 0 bridgehead atoms. The lowest BCUT2D eigenvalue weighted by atomic mass is 9.97. The summed E-state index contributed by atoms with van der Waals surface area (Å²) in [4.78, 5) is 28.9. The van der Waals surface area contributed by atoms with Gasteiger partial charge in [0, 0.05) is 17.3 Å². The highest BCUT2D eigenvalue weighted by Crippen LogP contribution is 2.33. The molecule has 2 aromatic carbocycles. The number of nitrogens with one attached hydrogen (secondary N) is 2. The van der Waals surface area contributed by atoms with Gasteiger partial charge < -0.3 is 15.4 Å². The molecule has 11 heteroatoms. The largest absolute Gasteiger partial charge is 0.390 e. The molecule has 3 N–H and O–H groups in total. The fraction of sp³-hybridized carbons (Fsp3) is 0.269. The molecule has 4 aromatic rings. The van der Waals surface area contributed by atoms with Crippen LogP contribution in [0.15, 0.2) is 53.5 Å². The van der Waals surface area contributed by atoms with Gasteiger partial charge in [-0.25, -0.2) is 22.1 Å². The van der Waals surface area contributed by atoms with Gasteiger partial charge in [0.25, 0.3) is 17.4 Å². The van der Waals surface area contributed by atoms with Crippen molar-refractivity contribution in [2.24, 2.45) is 0 Å². The molecule has 0 fully saturated rings. The van der Waals surface area contributed by atoms with E-state index in [9.17, 15) is 32.3 Å². The second-order valence-corrected chi connectivity index (χ2v) is 9.05. The number of rotatable bonds is 7. The molecular weight excluding hydrogens is 492 g/mol. The number of aryl methyl sites for hydroxylation is 1. The van der Waals surface area contributed by atoms with Gasteiger partial charge in [-0.2, -0.15) is 0 Å². The summed E-state index contributed by atoms with van der Waals surface area (Å²) in [7, 11) is 0. The summed E-state index contributed by atoms with van der Waals surface area (Å²) < 4.78 is 57.9. The molecule has 0 spiro atoms. The third-order valence-corrected chi connectivity index (χ3v) is 6.06. The summed E-state index contributed by atoms with van der Waals surface area (Å²) >= 11 is 0. The molecule has 2 heterocycles. The Morgan fingerprint density at radius 3 is 2.43 bits per heavy atom. The second kappa shape index (κ2) is 9.81.